The molecule has 1 aliphatic heterocycles. The van der Waals surface area contributed by atoms with Crippen LogP contribution in [0.5, 0.6) is 0 Å². The number of aryl methyl sites for hydroxylation is 1. The Balaban J connectivity index is 1.44. The summed E-state index contributed by atoms with van der Waals surface area (Å²) in [7, 11) is 0. The lowest BCUT2D eigenvalue weighted by Crippen LogP contribution is -2.34. The summed E-state index contributed by atoms with van der Waals surface area (Å²) in [6.07, 6.45) is 1.60. The summed E-state index contributed by atoms with van der Waals surface area (Å²) in [6, 6.07) is 14.0. The van der Waals surface area contributed by atoms with Crippen molar-refractivity contribution in [2.24, 2.45) is 0 Å². The number of ether oxygens (including phenoxy) is 1. The van der Waals surface area contributed by atoms with Gasteiger partial charge in [0.1, 0.15) is 6.04 Å². The van der Waals surface area contributed by atoms with Gasteiger partial charge in [-0.1, -0.05) is 35.0 Å². The van der Waals surface area contributed by atoms with Crippen LogP contribution in [0.15, 0.2) is 53.1 Å². The molecule has 2 heterocycles. The molecule has 0 bridgehead atoms. The first-order chi connectivity index (χ1) is 15.0. The lowest BCUT2D eigenvalue weighted by atomic mass is 10.1. The van der Waals surface area contributed by atoms with Crippen LogP contribution in [0.4, 0.5) is 10.5 Å². The lowest BCUT2D eigenvalue weighted by molar-refractivity contribution is 0.0526. The van der Waals surface area contributed by atoms with Gasteiger partial charge in [-0.25, -0.2) is 9.59 Å². The van der Waals surface area contributed by atoms with Crippen molar-refractivity contribution in [2.45, 2.75) is 32.7 Å². The summed E-state index contributed by atoms with van der Waals surface area (Å²) in [5.74, 6) is 0.554. The third-order valence-electron chi connectivity index (χ3n) is 5.20. The molecular formula is C23H24N4O4. The first-order valence-electron chi connectivity index (χ1n) is 10.3. The largest absolute Gasteiger partial charge is 0.462 e. The van der Waals surface area contributed by atoms with Crippen molar-refractivity contribution in [1.82, 2.24) is 15.0 Å². The number of hydrogen-bond donors (Lipinski definition) is 1. The van der Waals surface area contributed by atoms with E-state index in [0.29, 0.717) is 36.1 Å². The molecule has 1 unspecified atom stereocenters. The number of rotatable bonds is 5. The minimum absolute atomic E-state index is 0.249. The zero-order valence-electron chi connectivity index (χ0n) is 17.5. The average molecular weight is 420 g/mol. The number of anilines is 1. The monoisotopic (exact) mass is 420 g/mol. The van der Waals surface area contributed by atoms with E-state index < -0.39 is 0 Å². The Kier molecular flexibility index (Phi) is 5.97. The molecule has 2 amide bonds. The van der Waals surface area contributed by atoms with E-state index in [2.05, 4.69) is 15.5 Å². The van der Waals surface area contributed by atoms with Gasteiger partial charge in [-0.05, 0) is 51.0 Å². The van der Waals surface area contributed by atoms with Crippen molar-refractivity contribution < 1.29 is 18.8 Å². The third-order valence-corrected chi connectivity index (χ3v) is 5.20. The van der Waals surface area contributed by atoms with Gasteiger partial charge in [-0.3, -0.25) is 0 Å². The van der Waals surface area contributed by atoms with E-state index in [1.54, 1.807) is 36.1 Å². The van der Waals surface area contributed by atoms with Crippen molar-refractivity contribution in [3.05, 3.63) is 65.5 Å². The van der Waals surface area contributed by atoms with Crippen molar-refractivity contribution in [2.75, 3.05) is 18.5 Å². The molecule has 31 heavy (non-hydrogen) atoms. The fourth-order valence-corrected chi connectivity index (χ4v) is 3.56. The van der Waals surface area contributed by atoms with E-state index >= 15 is 0 Å². The van der Waals surface area contributed by atoms with Crippen LogP contribution in [-0.2, 0) is 4.74 Å². The molecule has 1 aliphatic rings. The molecule has 1 fully saturated rings. The van der Waals surface area contributed by atoms with E-state index in [1.807, 2.05) is 31.2 Å². The van der Waals surface area contributed by atoms with E-state index in [4.69, 9.17) is 9.26 Å². The highest BCUT2D eigenvalue weighted by Gasteiger charge is 2.34. The molecule has 2 aromatic carbocycles. The van der Waals surface area contributed by atoms with Gasteiger partial charge >= 0.3 is 12.0 Å². The first-order valence-corrected chi connectivity index (χ1v) is 10.3. The van der Waals surface area contributed by atoms with Gasteiger partial charge in [0.25, 0.3) is 0 Å². The Hall–Kier alpha value is -3.68. The molecule has 0 spiro atoms. The van der Waals surface area contributed by atoms with Crippen LogP contribution in [0, 0.1) is 6.92 Å². The van der Waals surface area contributed by atoms with Crippen molar-refractivity contribution in [3.63, 3.8) is 0 Å². The first kappa shape index (κ1) is 20.6. The number of benzene rings is 2. The molecule has 1 saturated heterocycles. The third kappa shape index (κ3) is 4.58. The second kappa shape index (κ2) is 8.99. The number of esters is 1. The highest BCUT2D eigenvalue weighted by molar-refractivity contribution is 5.92. The van der Waals surface area contributed by atoms with Crippen LogP contribution in [0.1, 0.15) is 47.6 Å². The van der Waals surface area contributed by atoms with Crippen molar-refractivity contribution >= 4 is 17.7 Å². The maximum atomic E-state index is 12.9. The number of carbonyl (C=O) groups is 2. The number of nitrogens with one attached hydrogen (secondary N) is 1. The van der Waals surface area contributed by atoms with Gasteiger partial charge in [-0.2, -0.15) is 4.98 Å². The normalized spacial score (nSPS) is 15.7. The Labute approximate surface area is 180 Å². The average Bonchev–Trinajstić information content (AvgIpc) is 3.44. The van der Waals surface area contributed by atoms with Gasteiger partial charge in [0.15, 0.2) is 0 Å². The predicted octanol–water partition coefficient (Wildman–Crippen LogP) is 4.59. The number of carbonyl (C=O) groups excluding carboxylic acids is 2. The van der Waals surface area contributed by atoms with Gasteiger partial charge in [0.05, 0.1) is 12.2 Å². The summed E-state index contributed by atoms with van der Waals surface area (Å²) < 4.78 is 10.5. The molecule has 0 radical (unpaired) electrons. The molecule has 8 heteroatoms. The van der Waals surface area contributed by atoms with E-state index in [-0.39, 0.29) is 18.0 Å². The SMILES string of the molecule is CCOC(=O)c1ccc(NC(=O)N2CCCC2c2nc(-c3ccc(C)cc3)no2)cc1. The zero-order valence-corrected chi connectivity index (χ0v) is 17.5. The number of urea groups is 1. The van der Waals surface area contributed by atoms with E-state index in [1.165, 1.54) is 0 Å². The molecule has 1 aromatic heterocycles. The summed E-state index contributed by atoms with van der Waals surface area (Å²) in [4.78, 5) is 30.9. The number of aromatic nitrogens is 2. The summed E-state index contributed by atoms with van der Waals surface area (Å²) in [5, 5.41) is 6.96. The van der Waals surface area contributed by atoms with Crippen molar-refractivity contribution in [3.8, 4) is 11.4 Å². The number of amides is 2. The van der Waals surface area contributed by atoms with Crippen LogP contribution in [0.25, 0.3) is 11.4 Å². The minimum Gasteiger partial charge on any atom is -0.462 e. The number of likely N-dealkylation sites (tertiary alicyclic amines) is 1. The van der Waals surface area contributed by atoms with Crippen molar-refractivity contribution in [1.29, 1.82) is 0 Å². The Morgan fingerprint density at radius 3 is 2.61 bits per heavy atom. The number of nitrogens with zero attached hydrogens (tertiary/aromatic N) is 3. The smallest absolute Gasteiger partial charge is 0.338 e. The number of hydrogen-bond acceptors (Lipinski definition) is 6. The molecule has 0 saturated carbocycles. The Morgan fingerprint density at radius 2 is 1.90 bits per heavy atom. The van der Waals surface area contributed by atoms with Crippen LogP contribution < -0.4 is 5.32 Å². The molecule has 0 aliphatic carbocycles. The minimum atomic E-state index is -0.388. The zero-order chi connectivity index (χ0) is 21.8. The fourth-order valence-electron chi connectivity index (χ4n) is 3.56. The van der Waals surface area contributed by atoms with Crippen LogP contribution in [0.2, 0.25) is 0 Å². The molecule has 160 valence electrons. The fraction of sp³-hybridized carbons (Fsp3) is 0.304. The van der Waals surface area contributed by atoms with E-state index in [9.17, 15) is 9.59 Å². The van der Waals surface area contributed by atoms with Gasteiger partial charge in [0.2, 0.25) is 11.7 Å². The topological polar surface area (TPSA) is 97.6 Å². The van der Waals surface area contributed by atoms with Gasteiger partial charge in [-0.15, -0.1) is 0 Å². The molecule has 4 rings (SSSR count). The van der Waals surface area contributed by atoms with Crippen LogP contribution >= 0.6 is 0 Å². The Bertz CT molecular complexity index is 1060. The molecule has 3 aromatic rings. The quantitative estimate of drug-likeness (QED) is 0.606. The summed E-state index contributed by atoms with van der Waals surface area (Å²) in [5.41, 5.74) is 3.06. The maximum absolute atomic E-state index is 12.9. The molecular weight excluding hydrogens is 396 g/mol. The molecule has 8 nitrogen and oxygen atoms in total. The Morgan fingerprint density at radius 1 is 1.16 bits per heavy atom. The second-order valence-corrected chi connectivity index (χ2v) is 7.40. The predicted molar refractivity (Wildman–Crippen MR) is 115 cm³/mol. The lowest BCUT2D eigenvalue weighted by Gasteiger charge is -2.22. The van der Waals surface area contributed by atoms with E-state index in [0.717, 1.165) is 24.0 Å². The second-order valence-electron chi connectivity index (χ2n) is 7.40. The molecule has 1 atom stereocenters. The summed E-state index contributed by atoms with van der Waals surface area (Å²) in [6.45, 7) is 4.69. The van der Waals surface area contributed by atoms with Gasteiger partial charge in [0, 0.05) is 17.8 Å². The standard InChI is InChI=1S/C23H24N4O4/c1-3-30-22(28)17-10-12-18(13-11-17)24-23(29)27-14-4-5-19(27)21-25-20(26-31-21)16-8-6-15(2)7-9-16/h6-13,19H,3-5,14H2,1-2H3,(H,24,29). The maximum Gasteiger partial charge on any atom is 0.338 e. The van der Waals surface area contributed by atoms with Gasteiger partial charge < -0.3 is 19.5 Å². The van der Waals surface area contributed by atoms with Crippen LogP contribution in [0.3, 0.4) is 0 Å². The highest BCUT2D eigenvalue weighted by atomic mass is 16.5. The summed E-state index contributed by atoms with van der Waals surface area (Å²) >= 11 is 0. The van der Waals surface area contributed by atoms with Crippen LogP contribution in [-0.4, -0.2) is 40.2 Å². The highest BCUT2D eigenvalue weighted by Crippen LogP contribution is 2.32. The molecule has 1 N–H and O–H groups in total.